The molecule has 0 aromatic rings. The smallest absolute Gasteiger partial charge is 0.0933 e. The Morgan fingerprint density at radius 2 is 2.33 bits per heavy atom. The van der Waals surface area contributed by atoms with Crippen LogP contribution in [0.3, 0.4) is 0 Å². The topological polar surface area (TPSA) is 32.7 Å². The van der Waals surface area contributed by atoms with Crippen LogP contribution < -0.4 is 0 Å². The Kier molecular flexibility index (Phi) is 6.64. The number of aliphatic hydroxyl groups is 1. The van der Waals surface area contributed by atoms with Gasteiger partial charge in [0.15, 0.2) is 0 Å². The van der Waals surface area contributed by atoms with E-state index in [4.69, 9.17) is 9.84 Å². The summed E-state index contributed by atoms with van der Waals surface area (Å²) in [6.45, 7) is 7.31. The summed E-state index contributed by atoms with van der Waals surface area (Å²) in [6, 6.07) is 0.499. The number of thioether (sulfide) groups is 1. The lowest BCUT2D eigenvalue weighted by Crippen LogP contribution is -2.49. The van der Waals surface area contributed by atoms with Crippen molar-refractivity contribution in [2.24, 2.45) is 0 Å². The second kappa shape index (κ2) is 7.49. The van der Waals surface area contributed by atoms with Gasteiger partial charge in [-0.15, -0.1) is 0 Å². The average molecular weight is 233 g/mol. The second-order valence-corrected chi connectivity index (χ2v) is 5.43. The molecule has 0 saturated carbocycles. The van der Waals surface area contributed by atoms with Crippen molar-refractivity contribution in [3.8, 4) is 0 Å². The summed E-state index contributed by atoms with van der Waals surface area (Å²) in [5.74, 6) is 2.45. The first-order chi connectivity index (χ1) is 7.27. The number of ether oxygens (including phenoxy) is 1. The van der Waals surface area contributed by atoms with Crippen LogP contribution in [0.2, 0.25) is 0 Å². The minimum atomic E-state index is 0.0278. The van der Waals surface area contributed by atoms with Gasteiger partial charge in [-0.05, 0) is 31.4 Å². The number of hydrogen-bond acceptors (Lipinski definition) is 4. The molecule has 2 atom stereocenters. The molecule has 4 heteroatoms. The Labute approximate surface area is 97.2 Å². The zero-order chi connectivity index (χ0) is 11.1. The fraction of sp³-hybridized carbons (Fsp3) is 1.00. The zero-order valence-corrected chi connectivity index (χ0v) is 10.6. The van der Waals surface area contributed by atoms with Gasteiger partial charge in [-0.2, -0.15) is 11.8 Å². The van der Waals surface area contributed by atoms with Gasteiger partial charge in [0.1, 0.15) is 0 Å². The average Bonchev–Trinajstić information content (AvgIpc) is 2.26. The van der Waals surface area contributed by atoms with Crippen molar-refractivity contribution in [3.63, 3.8) is 0 Å². The third-order valence-electron chi connectivity index (χ3n) is 2.78. The summed E-state index contributed by atoms with van der Waals surface area (Å²) in [5, 5.41) is 9.05. The van der Waals surface area contributed by atoms with Gasteiger partial charge in [-0.3, -0.25) is 4.90 Å². The number of aliphatic hydroxyl groups excluding tert-OH is 1. The molecule has 1 saturated heterocycles. The molecule has 0 aromatic heterocycles. The largest absolute Gasteiger partial charge is 0.394 e. The van der Waals surface area contributed by atoms with Gasteiger partial charge in [0.2, 0.25) is 0 Å². The van der Waals surface area contributed by atoms with Gasteiger partial charge in [0.05, 0.1) is 19.3 Å². The molecule has 1 aliphatic heterocycles. The maximum atomic E-state index is 9.05. The minimum Gasteiger partial charge on any atom is -0.394 e. The summed E-state index contributed by atoms with van der Waals surface area (Å²) < 4.78 is 5.50. The van der Waals surface area contributed by atoms with E-state index in [1.807, 2.05) is 11.8 Å². The Morgan fingerprint density at radius 3 is 3.00 bits per heavy atom. The number of hydrogen-bond donors (Lipinski definition) is 1. The number of nitrogens with zero attached hydrogens (tertiary/aromatic N) is 1. The van der Waals surface area contributed by atoms with E-state index in [2.05, 4.69) is 18.7 Å². The standard InChI is InChI=1S/C11H23NO2S/c1-3-15-6-4-5-12-7-11(8-13)14-9-10(12)2/h10-11,13H,3-9H2,1-2H3. The molecule has 1 heterocycles. The first-order valence-corrected chi connectivity index (χ1v) is 6.97. The summed E-state index contributed by atoms with van der Waals surface area (Å²) >= 11 is 2.00. The highest BCUT2D eigenvalue weighted by Crippen LogP contribution is 2.12. The molecular weight excluding hydrogens is 210 g/mol. The molecule has 15 heavy (non-hydrogen) atoms. The van der Waals surface area contributed by atoms with Gasteiger partial charge in [-0.1, -0.05) is 6.92 Å². The van der Waals surface area contributed by atoms with E-state index in [9.17, 15) is 0 Å². The SMILES string of the molecule is CCSCCCN1CC(CO)OCC1C. The lowest BCUT2D eigenvalue weighted by molar-refractivity contribution is -0.0774. The Morgan fingerprint density at radius 1 is 1.53 bits per heavy atom. The predicted molar refractivity (Wildman–Crippen MR) is 65.5 cm³/mol. The van der Waals surface area contributed by atoms with Gasteiger partial charge >= 0.3 is 0 Å². The highest BCUT2D eigenvalue weighted by molar-refractivity contribution is 7.99. The van der Waals surface area contributed by atoms with E-state index in [1.54, 1.807) is 0 Å². The molecule has 0 radical (unpaired) electrons. The molecule has 0 aromatic carbocycles. The molecule has 0 spiro atoms. The van der Waals surface area contributed by atoms with Gasteiger partial charge in [0, 0.05) is 12.6 Å². The summed E-state index contributed by atoms with van der Waals surface area (Å²) in [7, 11) is 0. The third-order valence-corrected chi connectivity index (χ3v) is 3.76. The van der Waals surface area contributed by atoms with Crippen LogP contribution in [0.1, 0.15) is 20.3 Å². The van der Waals surface area contributed by atoms with Crippen molar-refractivity contribution in [1.29, 1.82) is 0 Å². The summed E-state index contributed by atoms with van der Waals surface area (Å²) in [4.78, 5) is 2.43. The van der Waals surface area contributed by atoms with E-state index in [0.29, 0.717) is 6.04 Å². The minimum absolute atomic E-state index is 0.0278. The zero-order valence-electron chi connectivity index (χ0n) is 9.82. The fourth-order valence-electron chi connectivity index (χ4n) is 1.81. The van der Waals surface area contributed by atoms with Crippen molar-refractivity contribution in [2.45, 2.75) is 32.4 Å². The normalized spacial score (nSPS) is 28.2. The van der Waals surface area contributed by atoms with Gasteiger partial charge in [-0.25, -0.2) is 0 Å². The lowest BCUT2D eigenvalue weighted by atomic mass is 10.2. The molecule has 0 amide bonds. The fourth-order valence-corrected chi connectivity index (χ4v) is 2.43. The van der Waals surface area contributed by atoms with Crippen LogP contribution in [0, 0.1) is 0 Å². The second-order valence-electron chi connectivity index (χ2n) is 4.03. The van der Waals surface area contributed by atoms with Gasteiger partial charge in [0.25, 0.3) is 0 Å². The van der Waals surface area contributed by atoms with Crippen molar-refractivity contribution < 1.29 is 9.84 Å². The molecule has 2 unspecified atom stereocenters. The maximum Gasteiger partial charge on any atom is 0.0933 e. The van der Waals surface area contributed by atoms with Crippen LogP contribution >= 0.6 is 11.8 Å². The number of morpholine rings is 1. The molecule has 1 aliphatic rings. The van der Waals surface area contributed by atoms with Crippen LogP contribution in [0.25, 0.3) is 0 Å². The summed E-state index contributed by atoms with van der Waals surface area (Å²) in [6.07, 6.45) is 1.26. The first-order valence-electron chi connectivity index (χ1n) is 5.82. The first kappa shape index (κ1) is 13.3. The molecule has 0 bridgehead atoms. The molecule has 90 valence electrons. The van der Waals surface area contributed by atoms with Crippen LogP contribution in [-0.4, -0.2) is 60.0 Å². The van der Waals surface area contributed by atoms with E-state index in [1.165, 1.54) is 17.9 Å². The molecular formula is C11H23NO2S. The molecule has 1 fully saturated rings. The van der Waals surface area contributed by atoms with Crippen LogP contribution in [0.5, 0.6) is 0 Å². The van der Waals surface area contributed by atoms with E-state index >= 15 is 0 Å². The molecule has 1 rings (SSSR count). The van der Waals surface area contributed by atoms with Crippen LogP contribution in [0.15, 0.2) is 0 Å². The molecule has 3 nitrogen and oxygen atoms in total. The van der Waals surface area contributed by atoms with E-state index in [-0.39, 0.29) is 12.7 Å². The van der Waals surface area contributed by atoms with Crippen molar-refractivity contribution in [2.75, 3.05) is 37.8 Å². The van der Waals surface area contributed by atoms with E-state index < -0.39 is 0 Å². The van der Waals surface area contributed by atoms with Crippen molar-refractivity contribution >= 4 is 11.8 Å². The lowest BCUT2D eigenvalue weighted by Gasteiger charge is -2.37. The summed E-state index contributed by atoms with van der Waals surface area (Å²) in [5.41, 5.74) is 0. The third kappa shape index (κ3) is 4.72. The molecule has 1 N–H and O–H groups in total. The Balaban J connectivity index is 2.19. The highest BCUT2D eigenvalue weighted by atomic mass is 32.2. The Hall–Kier alpha value is 0.230. The monoisotopic (exact) mass is 233 g/mol. The van der Waals surface area contributed by atoms with Crippen LogP contribution in [0.4, 0.5) is 0 Å². The van der Waals surface area contributed by atoms with Gasteiger partial charge < -0.3 is 9.84 Å². The van der Waals surface area contributed by atoms with Crippen molar-refractivity contribution in [3.05, 3.63) is 0 Å². The highest BCUT2D eigenvalue weighted by Gasteiger charge is 2.24. The number of rotatable bonds is 6. The van der Waals surface area contributed by atoms with E-state index in [0.717, 1.165) is 19.7 Å². The molecule has 0 aliphatic carbocycles. The predicted octanol–water partition coefficient (Wildman–Crippen LogP) is 1.21. The quantitative estimate of drug-likeness (QED) is 0.699. The van der Waals surface area contributed by atoms with Crippen molar-refractivity contribution in [1.82, 2.24) is 4.90 Å². The Bertz CT molecular complexity index is 169. The maximum absolute atomic E-state index is 9.05. The van der Waals surface area contributed by atoms with Crippen LogP contribution in [-0.2, 0) is 4.74 Å².